The van der Waals surface area contributed by atoms with Crippen LogP contribution < -0.4 is 5.32 Å². The number of nitrogens with one attached hydrogen (secondary N) is 1. The first-order valence-corrected chi connectivity index (χ1v) is 8.01. The van der Waals surface area contributed by atoms with Crippen molar-refractivity contribution >= 4 is 16.7 Å². The molecule has 2 unspecified atom stereocenters. The molecule has 0 saturated carbocycles. The number of para-hydroxylation sites is 1. The number of benzene rings is 1. The van der Waals surface area contributed by atoms with E-state index in [1.807, 2.05) is 36.4 Å². The summed E-state index contributed by atoms with van der Waals surface area (Å²) in [6.07, 6.45) is 7.52. The van der Waals surface area contributed by atoms with E-state index in [0.717, 1.165) is 42.3 Å². The molecule has 2 aromatic rings. The summed E-state index contributed by atoms with van der Waals surface area (Å²) in [6.45, 7) is 4.88. The van der Waals surface area contributed by atoms with Crippen molar-refractivity contribution in [1.82, 2.24) is 10.3 Å². The fourth-order valence-corrected chi connectivity index (χ4v) is 3.28. The number of ketones is 1. The molecular weight excluding hydrogens is 272 g/mol. The number of carbonyl (C=O) groups excluding carboxylic acids is 1. The van der Waals surface area contributed by atoms with Gasteiger partial charge in [0.1, 0.15) is 0 Å². The Kier molecular flexibility index (Phi) is 4.64. The van der Waals surface area contributed by atoms with Gasteiger partial charge in [0.15, 0.2) is 5.78 Å². The van der Waals surface area contributed by atoms with E-state index in [4.69, 9.17) is 0 Å². The van der Waals surface area contributed by atoms with E-state index >= 15 is 0 Å². The highest BCUT2D eigenvalue weighted by Crippen LogP contribution is 2.24. The van der Waals surface area contributed by atoms with Crippen LogP contribution in [0.15, 0.2) is 49.2 Å². The monoisotopic (exact) mass is 294 g/mol. The van der Waals surface area contributed by atoms with Crippen LogP contribution in [-0.2, 0) is 0 Å². The van der Waals surface area contributed by atoms with E-state index in [1.165, 1.54) is 0 Å². The zero-order chi connectivity index (χ0) is 15.4. The highest BCUT2D eigenvalue weighted by atomic mass is 16.1. The van der Waals surface area contributed by atoms with Crippen LogP contribution in [0.3, 0.4) is 0 Å². The van der Waals surface area contributed by atoms with Crippen molar-refractivity contribution in [1.29, 1.82) is 0 Å². The van der Waals surface area contributed by atoms with Crippen LogP contribution >= 0.6 is 0 Å². The third-order valence-electron chi connectivity index (χ3n) is 4.56. The lowest BCUT2D eigenvalue weighted by Crippen LogP contribution is -2.36. The molecule has 0 spiro atoms. The number of rotatable bonds is 5. The second kappa shape index (κ2) is 6.84. The summed E-state index contributed by atoms with van der Waals surface area (Å²) in [5, 5.41) is 4.39. The molecule has 3 rings (SSSR count). The molecule has 2 atom stereocenters. The molecule has 3 heteroatoms. The Balaban J connectivity index is 1.67. The van der Waals surface area contributed by atoms with Crippen molar-refractivity contribution in [3.8, 4) is 0 Å². The van der Waals surface area contributed by atoms with Gasteiger partial charge in [-0.1, -0.05) is 24.3 Å². The number of pyridine rings is 1. The van der Waals surface area contributed by atoms with Gasteiger partial charge in [-0.3, -0.25) is 9.78 Å². The number of aromatic nitrogens is 1. The standard InChI is InChI=1S/C19H22N2O/c1-2-15-13-14(9-11-20-15)7-8-19(22)17-10-12-21-18-6-4-3-5-16(17)18/h2-6,10,12,14-15,20H,1,7-9,11,13H2. The Hall–Kier alpha value is -2.00. The molecule has 0 amide bonds. The molecule has 22 heavy (non-hydrogen) atoms. The SMILES string of the molecule is C=CC1CC(CCC(=O)c2ccnc3ccccc23)CCN1. The number of nitrogens with zero attached hydrogens (tertiary/aromatic N) is 1. The van der Waals surface area contributed by atoms with Crippen molar-refractivity contribution in [2.24, 2.45) is 5.92 Å². The molecule has 0 bridgehead atoms. The Morgan fingerprint density at radius 2 is 2.23 bits per heavy atom. The Morgan fingerprint density at radius 3 is 3.09 bits per heavy atom. The number of hydrogen-bond acceptors (Lipinski definition) is 3. The summed E-state index contributed by atoms with van der Waals surface area (Å²) in [7, 11) is 0. The summed E-state index contributed by atoms with van der Waals surface area (Å²) in [5.41, 5.74) is 1.70. The lowest BCUT2D eigenvalue weighted by Gasteiger charge is -2.28. The van der Waals surface area contributed by atoms with Gasteiger partial charge in [0.25, 0.3) is 0 Å². The average molecular weight is 294 g/mol. The van der Waals surface area contributed by atoms with Gasteiger partial charge >= 0.3 is 0 Å². The molecule has 1 aliphatic rings. The first kappa shape index (κ1) is 14.9. The molecule has 1 fully saturated rings. The van der Waals surface area contributed by atoms with Crippen LogP contribution in [0.25, 0.3) is 10.9 Å². The molecule has 2 heterocycles. The van der Waals surface area contributed by atoms with E-state index < -0.39 is 0 Å². The molecule has 1 aliphatic heterocycles. The Morgan fingerprint density at radius 1 is 1.36 bits per heavy atom. The Bertz CT molecular complexity index is 675. The van der Waals surface area contributed by atoms with Crippen LogP contribution in [0.4, 0.5) is 0 Å². The van der Waals surface area contributed by atoms with Crippen molar-refractivity contribution in [2.45, 2.75) is 31.7 Å². The van der Waals surface area contributed by atoms with Crippen molar-refractivity contribution in [2.75, 3.05) is 6.54 Å². The van der Waals surface area contributed by atoms with Gasteiger partial charge in [0.2, 0.25) is 0 Å². The topological polar surface area (TPSA) is 42.0 Å². The second-order valence-electron chi connectivity index (χ2n) is 6.02. The largest absolute Gasteiger partial charge is 0.311 e. The van der Waals surface area contributed by atoms with Gasteiger partial charge in [-0.15, -0.1) is 6.58 Å². The molecule has 114 valence electrons. The predicted octanol–water partition coefficient (Wildman–Crippen LogP) is 3.75. The average Bonchev–Trinajstić information content (AvgIpc) is 2.59. The number of carbonyl (C=O) groups is 1. The van der Waals surface area contributed by atoms with Gasteiger partial charge < -0.3 is 5.32 Å². The minimum Gasteiger partial charge on any atom is -0.311 e. The van der Waals surface area contributed by atoms with Crippen molar-refractivity contribution in [3.05, 3.63) is 54.7 Å². The van der Waals surface area contributed by atoms with Gasteiger partial charge in [-0.2, -0.15) is 0 Å². The normalized spacial score (nSPS) is 21.6. The maximum atomic E-state index is 12.6. The highest BCUT2D eigenvalue weighted by Gasteiger charge is 2.20. The van der Waals surface area contributed by atoms with Gasteiger partial charge in [0.05, 0.1) is 5.52 Å². The first-order valence-electron chi connectivity index (χ1n) is 8.01. The van der Waals surface area contributed by atoms with E-state index in [0.29, 0.717) is 18.4 Å². The maximum Gasteiger partial charge on any atom is 0.163 e. The molecule has 1 saturated heterocycles. The van der Waals surface area contributed by atoms with Crippen molar-refractivity contribution < 1.29 is 4.79 Å². The molecule has 1 aromatic heterocycles. The van der Waals surface area contributed by atoms with Crippen LogP contribution in [0.2, 0.25) is 0 Å². The number of fused-ring (bicyclic) bond motifs is 1. The molecular formula is C19H22N2O. The molecule has 1 aromatic carbocycles. The van der Waals surface area contributed by atoms with Crippen LogP contribution in [0.1, 0.15) is 36.0 Å². The number of Topliss-reactive ketones (excluding diaryl/α,β-unsaturated/α-hetero) is 1. The van der Waals surface area contributed by atoms with E-state index in [1.54, 1.807) is 6.20 Å². The molecule has 0 radical (unpaired) electrons. The first-order chi connectivity index (χ1) is 10.8. The lowest BCUT2D eigenvalue weighted by molar-refractivity contribution is 0.0971. The van der Waals surface area contributed by atoms with E-state index in [9.17, 15) is 4.79 Å². The van der Waals surface area contributed by atoms with Crippen LogP contribution in [0.5, 0.6) is 0 Å². The number of piperidine rings is 1. The summed E-state index contributed by atoms with van der Waals surface area (Å²) in [5.74, 6) is 0.841. The second-order valence-corrected chi connectivity index (χ2v) is 6.02. The minimum atomic E-state index is 0.229. The zero-order valence-electron chi connectivity index (χ0n) is 12.8. The van der Waals surface area contributed by atoms with Crippen molar-refractivity contribution in [3.63, 3.8) is 0 Å². The third-order valence-corrected chi connectivity index (χ3v) is 4.56. The van der Waals surface area contributed by atoms with Gasteiger partial charge in [0, 0.05) is 29.6 Å². The van der Waals surface area contributed by atoms with Gasteiger partial charge in [-0.05, 0) is 43.9 Å². The number of hydrogen-bond donors (Lipinski definition) is 1. The van der Waals surface area contributed by atoms with Crippen LogP contribution in [0, 0.1) is 5.92 Å². The summed E-state index contributed by atoms with van der Waals surface area (Å²) >= 11 is 0. The van der Waals surface area contributed by atoms with E-state index in [-0.39, 0.29) is 5.78 Å². The fraction of sp³-hybridized carbons (Fsp3) is 0.368. The highest BCUT2D eigenvalue weighted by molar-refractivity contribution is 6.07. The van der Waals surface area contributed by atoms with E-state index in [2.05, 4.69) is 16.9 Å². The van der Waals surface area contributed by atoms with Crippen LogP contribution in [-0.4, -0.2) is 23.4 Å². The fourth-order valence-electron chi connectivity index (χ4n) is 3.28. The lowest BCUT2D eigenvalue weighted by atomic mass is 9.87. The summed E-state index contributed by atoms with van der Waals surface area (Å²) in [4.78, 5) is 16.9. The maximum absolute atomic E-state index is 12.6. The zero-order valence-corrected chi connectivity index (χ0v) is 12.8. The Labute approximate surface area is 131 Å². The summed E-state index contributed by atoms with van der Waals surface area (Å²) in [6, 6.07) is 10.1. The summed E-state index contributed by atoms with van der Waals surface area (Å²) < 4.78 is 0. The minimum absolute atomic E-state index is 0.229. The van der Waals surface area contributed by atoms with Gasteiger partial charge in [-0.25, -0.2) is 0 Å². The molecule has 0 aliphatic carbocycles. The predicted molar refractivity (Wildman–Crippen MR) is 90.0 cm³/mol. The quantitative estimate of drug-likeness (QED) is 0.674. The molecule has 3 nitrogen and oxygen atoms in total. The molecule has 1 N–H and O–H groups in total. The third kappa shape index (κ3) is 3.25. The smallest absolute Gasteiger partial charge is 0.163 e.